The van der Waals surface area contributed by atoms with Gasteiger partial charge in [-0.25, -0.2) is 9.13 Å². The van der Waals surface area contributed by atoms with E-state index in [1.165, 1.54) is 135 Å². The molecule has 0 saturated carbocycles. The molecule has 0 amide bonds. The van der Waals surface area contributed by atoms with Gasteiger partial charge in [0, 0.05) is 25.7 Å². The summed E-state index contributed by atoms with van der Waals surface area (Å²) in [5, 5.41) is 10.5. The summed E-state index contributed by atoms with van der Waals surface area (Å²) in [6, 6.07) is 0. The van der Waals surface area contributed by atoms with Crippen molar-refractivity contribution in [1.82, 2.24) is 0 Å². The quantitative estimate of drug-likeness (QED) is 0.0222. The lowest BCUT2D eigenvalue weighted by molar-refractivity contribution is -0.161. The first-order valence-electron chi connectivity index (χ1n) is 35.3. The molecule has 87 heavy (non-hydrogen) atoms. The first-order valence-corrected chi connectivity index (χ1v) is 38.3. The van der Waals surface area contributed by atoms with Gasteiger partial charge in [0.25, 0.3) is 0 Å². The van der Waals surface area contributed by atoms with Gasteiger partial charge in [0.15, 0.2) is 12.2 Å². The number of esters is 4. The third-order valence-electron chi connectivity index (χ3n) is 15.6. The van der Waals surface area contributed by atoms with Gasteiger partial charge in [-0.1, -0.05) is 286 Å². The van der Waals surface area contributed by atoms with Crippen LogP contribution in [0.3, 0.4) is 0 Å². The van der Waals surface area contributed by atoms with Crippen LogP contribution in [0.4, 0.5) is 0 Å². The molecule has 0 aliphatic carbocycles. The van der Waals surface area contributed by atoms with E-state index in [9.17, 15) is 43.2 Å². The molecule has 0 aromatic rings. The van der Waals surface area contributed by atoms with E-state index >= 15 is 0 Å². The summed E-state index contributed by atoms with van der Waals surface area (Å²) in [5.74, 6) is 0.0948. The van der Waals surface area contributed by atoms with E-state index in [0.29, 0.717) is 31.6 Å². The average Bonchev–Trinajstić information content (AvgIpc) is 3.69. The molecule has 0 aliphatic heterocycles. The molecule has 5 atom stereocenters. The second kappa shape index (κ2) is 59.1. The molecule has 19 heteroatoms. The molecule has 516 valence electrons. The number of carbonyl (C=O) groups excluding carboxylic acids is 4. The number of aliphatic hydroxyl groups is 1. The van der Waals surface area contributed by atoms with E-state index in [4.69, 9.17) is 37.0 Å². The third kappa shape index (κ3) is 62.6. The Morgan fingerprint density at radius 1 is 0.310 bits per heavy atom. The number of carbonyl (C=O) groups is 4. The fourth-order valence-electron chi connectivity index (χ4n) is 10.2. The minimum absolute atomic E-state index is 0.103. The standard InChI is InChI=1S/C68H132O17P2/c1-8-9-10-11-25-35-42-49-65(70)78-55-63(85-68(73)52-45-38-31-24-28-34-41-48-61(6)7)57-82-86(74,75)80-53-62(69)54-81-87(76,77)83-58-64(56-79-66(71)50-43-36-29-23-22-27-33-40-47-60(4)5)84-67(72)51-44-37-30-21-19-17-15-13-12-14-16-18-20-26-32-39-46-59(2)3/h59-64,69H,8-58H2,1-7H3,(H,74,75)(H,76,77)/t62-,63+,64+/m0/s1. The van der Waals surface area contributed by atoms with Crippen LogP contribution < -0.4 is 0 Å². The van der Waals surface area contributed by atoms with Crippen molar-refractivity contribution in [2.24, 2.45) is 17.8 Å². The highest BCUT2D eigenvalue weighted by atomic mass is 31.2. The van der Waals surface area contributed by atoms with Crippen molar-refractivity contribution in [2.75, 3.05) is 39.6 Å². The summed E-state index contributed by atoms with van der Waals surface area (Å²) >= 11 is 0. The second-order valence-electron chi connectivity index (χ2n) is 26.0. The van der Waals surface area contributed by atoms with Crippen LogP contribution in [0.25, 0.3) is 0 Å². The number of unbranched alkanes of at least 4 members (excludes halogenated alkanes) is 34. The molecule has 0 radical (unpaired) electrons. The highest BCUT2D eigenvalue weighted by Gasteiger charge is 2.30. The van der Waals surface area contributed by atoms with Crippen LogP contribution in [0.15, 0.2) is 0 Å². The van der Waals surface area contributed by atoms with Crippen molar-refractivity contribution < 1.29 is 80.2 Å². The Morgan fingerprint density at radius 2 is 0.529 bits per heavy atom. The third-order valence-corrected chi connectivity index (χ3v) is 17.5. The predicted molar refractivity (Wildman–Crippen MR) is 349 cm³/mol. The molecular weight excluding hydrogens is 1150 g/mol. The summed E-state index contributed by atoms with van der Waals surface area (Å²) in [7, 11) is -9.89. The molecule has 0 aromatic heterocycles. The van der Waals surface area contributed by atoms with Gasteiger partial charge in [-0.05, 0) is 43.4 Å². The van der Waals surface area contributed by atoms with Crippen molar-refractivity contribution in [3.63, 3.8) is 0 Å². The molecule has 0 fully saturated rings. The molecule has 0 spiro atoms. The van der Waals surface area contributed by atoms with E-state index < -0.39 is 97.5 Å². The maximum Gasteiger partial charge on any atom is 0.472 e. The SMILES string of the molecule is CCCCCCCCCC(=O)OC[C@H](COP(=O)(O)OC[C@H](O)COP(=O)(O)OC[C@@H](COC(=O)CCCCCCCCCCC(C)C)OC(=O)CCCCCCCCCCCCCCCCCCC(C)C)OC(=O)CCCCCCCCCC(C)C. The van der Waals surface area contributed by atoms with Crippen LogP contribution in [-0.2, 0) is 65.4 Å². The summed E-state index contributed by atoms with van der Waals surface area (Å²) in [6.45, 7) is 11.7. The van der Waals surface area contributed by atoms with Crippen LogP contribution in [0, 0.1) is 17.8 Å². The van der Waals surface area contributed by atoms with Crippen molar-refractivity contribution >= 4 is 39.5 Å². The molecular formula is C68H132O17P2. The molecule has 0 rings (SSSR count). The van der Waals surface area contributed by atoms with E-state index in [0.717, 1.165) is 115 Å². The molecule has 0 aliphatic rings. The fourth-order valence-corrected chi connectivity index (χ4v) is 11.8. The molecule has 0 heterocycles. The first kappa shape index (κ1) is 85.1. The summed E-state index contributed by atoms with van der Waals surface area (Å²) in [5.41, 5.74) is 0. The van der Waals surface area contributed by atoms with E-state index in [-0.39, 0.29) is 25.7 Å². The van der Waals surface area contributed by atoms with E-state index in [2.05, 4.69) is 48.5 Å². The van der Waals surface area contributed by atoms with Gasteiger partial charge >= 0.3 is 39.5 Å². The summed E-state index contributed by atoms with van der Waals surface area (Å²) < 4.78 is 68.0. The van der Waals surface area contributed by atoms with Gasteiger partial charge in [0.2, 0.25) is 0 Å². The number of hydrogen-bond acceptors (Lipinski definition) is 15. The van der Waals surface area contributed by atoms with Crippen LogP contribution in [0.2, 0.25) is 0 Å². The number of rotatable bonds is 66. The van der Waals surface area contributed by atoms with Gasteiger partial charge in [-0.2, -0.15) is 0 Å². The Morgan fingerprint density at radius 3 is 0.782 bits per heavy atom. The van der Waals surface area contributed by atoms with Gasteiger partial charge in [0.05, 0.1) is 26.4 Å². The molecule has 0 aromatic carbocycles. The molecule has 2 unspecified atom stereocenters. The van der Waals surface area contributed by atoms with Crippen molar-refractivity contribution in [3.8, 4) is 0 Å². The van der Waals surface area contributed by atoms with Gasteiger partial charge in [-0.15, -0.1) is 0 Å². The number of phosphoric ester groups is 2. The highest BCUT2D eigenvalue weighted by molar-refractivity contribution is 7.47. The Kier molecular flexibility index (Phi) is 57.8. The highest BCUT2D eigenvalue weighted by Crippen LogP contribution is 2.45. The maximum atomic E-state index is 13.0. The summed E-state index contributed by atoms with van der Waals surface area (Å²) in [4.78, 5) is 72.2. The largest absolute Gasteiger partial charge is 0.472 e. The van der Waals surface area contributed by atoms with E-state index in [1.807, 2.05) is 0 Å². The zero-order chi connectivity index (χ0) is 64.5. The van der Waals surface area contributed by atoms with Crippen LogP contribution >= 0.6 is 15.6 Å². The smallest absolute Gasteiger partial charge is 0.462 e. The molecule has 17 nitrogen and oxygen atoms in total. The van der Waals surface area contributed by atoms with Crippen molar-refractivity contribution in [1.29, 1.82) is 0 Å². The van der Waals surface area contributed by atoms with Gasteiger partial charge in [-0.3, -0.25) is 37.3 Å². The number of aliphatic hydroxyl groups excluding tert-OH is 1. The minimum Gasteiger partial charge on any atom is -0.462 e. The maximum absolute atomic E-state index is 13.0. The van der Waals surface area contributed by atoms with Crippen LogP contribution in [0.5, 0.6) is 0 Å². The zero-order valence-corrected chi connectivity index (χ0v) is 58.3. The Bertz CT molecular complexity index is 1720. The first-order chi connectivity index (χ1) is 41.7. The predicted octanol–water partition coefficient (Wildman–Crippen LogP) is 19.1. The Balaban J connectivity index is 5.17. The molecule has 3 N–H and O–H groups in total. The number of phosphoric acid groups is 2. The Labute approximate surface area is 530 Å². The zero-order valence-electron chi connectivity index (χ0n) is 56.5. The van der Waals surface area contributed by atoms with Gasteiger partial charge < -0.3 is 33.8 Å². The normalized spacial score (nSPS) is 14.3. The topological polar surface area (TPSA) is 237 Å². The lowest BCUT2D eigenvalue weighted by Gasteiger charge is -2.21. The lowest BCUT2D eigenvalue weighted by Crippen LogP contribution is -2.30. The average molecular weight is 1280 g/mol. The fraction of sp³-hybridized carbons (Fsp3) is 0.941. The number of ether oxygens (including phenoxy) is 4. The van der Waals surface area contributed by atoms with Crippen molar-refractivity contribution in [2.45, 2.75) is 356 Å². The second-order valence-corrected chi connectivity index (χ2v) is 28.9. The molecule has 0 bridgehead atoms. The van der Waals surface area contributed by atoms with Crippen LogP contribution in [0.1, 0.15) is 337 Å². The lowest BCUT2D eigenvalue weighted by atomic mass is 10.0. The Hall–Kier alpha value is -1.94. The monoisotopic (exact) mass is 1280 g/mol. The molecule has 0 saturated heterocycles. The number of hydrogen-bond donors (Lipinski definition) is 3. The minimum atomic E-state index is -4.95. The van der Waals surface area contributed by atoms with E-state index in [1.54, 1.807) is 0 Å². The van der Waals surface area contributed by atoms with Crippen LogP contribution in [-0.4, -0.2) is 96.7 Å². The van der Waals surface area contributed by atoms with Gasteiger partial charge in [0.1, 0.15) is 19.3 Å². The van der Waals surface area contributed by atoms with Crippen molar-refractivity contribution in [3.05, 3.63) is 0 Å². The summed E-state index contributed by atoms with van der Waals surface area (Å²) in [6.07, 6.45) is 42.0.